The van der Waals surface area contributed by atoms with E-state index >= 15 is 0 Å². The molecule has 2 aromatic carbocycles. The lowest BCUT2D eigenvalue weighted by molar-refractivity contribution is -0.118. The predicted molar refractivity (Wildman–Crippen MR) is 135 cm³/mol. The Bertz CT molecular complexity index is 1050. The van der Waals surface area contributed by atoms with E-state index in [4.69, 9.17) is 21.3 Å². The van der Waals surface area contributed by atoms with Crippen LogP contribution in [0.3, 0.4) is 0 Å². The molecule has 176 valence electrons. The van der Waals surface area contributed by atoms with Gasteiger partial charge in [0, 0.05) is 43.2 Å². The molecule has 3 aromatic rings. The van der Waals surface area contributed by atoms with Gasteiger partial charge >= 0.3 is 0 Å². The number of thiazole rings is 1. The average Bonchev–Trinajstić information content (AvgIpc) is 3.27. The van der Waals surface area contributed by atoms with Crippen LogP contribution in [-0.4, -0.2) is 60.9 Å². The number of thioether (sulfide) groups is 1. The van der Waals surface area contributed by atoms with Gasteiger partial charge in [0.1, 0.15) is 5.82 Å². The molecule has 0 saturated carbocycles. The third-order valence-electron chi connectivity index (χ3n) is 5.58. The number of rotatable bonds is 9. The lowest BCUT2D eigenvalue weighted by Crippen LogP contribution is -2.39. The van der Waals surface area contributed by atoms with Gasteiger partial charge in [0.05, 0.1) is 28.5 Å². The Kier molecular flexibility index (Phi) is 8.60. The van der Waals surface area contributed by atoms with Crippen LogP contribution in [0.1, 0.15) is 18.4 Å². The summed E-state index contributed by atoms with van der Waals surface area (Å²) in [7, 11) is 0. The number of aromatic nitrogens is 1. The van der Waals surface area contributed by atoms with Crippen LogP contribution in [0.15, 0.2) is 41.3 Å². The topological polar surface area (TPSA) is 45.7 Å². The van der Waals surface area contributed by atoms with Gasteiger partial charge in [-0.15, -0.1) is 11.8 Å². The van der Waals surface area contributed by atoms with Crippen LogP contribution in [0.2, 0.25) is 5.02 Å². The molecule has 1 aliphatic heterocycles. The minimum Gasteiger partial charge on any atom is -0.379 e. The lowest BCUT2D eigenvalue weighted by atomic mass is 10.2. The molecule has 0 atom stereocenters. The number of morpholine rings is 1. The first kappa shape index (κ1) is 24.4. The Balaban J connectivity index is 1.45. The summed E-state index contributed by atoms with van der Waals surface area (Å²) in [5.41, 5.74) is 1.90. The van der Waals surface area contributed by atoms with E-state index in [1.165, 1.54) is 23.5 Å². The molecule has 0 radical (unpaired) electrons. The van der Waals surface area contributed by atoms with E-state index in [1.54, 1.807) is 23.9 Å². The van der Waals surface area contributed by atoms with E-state index in [0.717, 1.165) is 59.9 Å². The Morgan fingerprint density at radius 3 is 2.73 bits per heavy atom. The van der Waals surface area contributed by atoms with E-state index in [9.17, 15) is 9.18 Å². The fourth-order valence-corrected chi connectivity index (χ4v) is 5.93. The molecule has 0 unspecified atom stereocenters. The predicted octanol–water partition coefficient (Wildman–Crippen LogP) is 5.63. The molecule has 9 heteroatoms. The summed E-state index contributed by atoms with van der Waals surface area (Å²) in [6, 6.07) is 10.2. The zero-order valence-electron chi connectivity index (χ0n) is 18.6. The molecule has 4 rings (SSSR count). The summed E-state index contributed by atoms with van der Waals surface area (Å²) in [6.07, 6.45) is 1.24. The molecule has 5 nitrogen and oxygen atoms in total. The van der Waals surface area contributed by atoms with Gasteiger partial charge in [-0.2, -0.15) is 0 Å². The zero-order chi connectivity index (χ0) is 23.2. The van der Waals surface area contributed by atoms with Crippen LogP contribution in [0, 0.1) is 12.7 Å². The summed E-state index contributed by atoms with van der Waals surface area (Å²) < 4.78 is 19.5. The molecule has 0 N–H and O–H groups in total. The molecular weight excluding hydrogens is 481 g/mol. The van der Waals surface area contributed by atoms with Gasteiger partial charge in [0.2, 0.25) is 5.91 Å². The van der Waals surface area contributed by atoms with Crippen LogP contribution in [0.4, 0.5) is 9.52 Å². The van der Waals surface area contributed by atoms with E-state index < -0.39 is 0 Å². The van der Waals surface area contributed by atoms with Crippen LogP contribution >= 0.6 is 34.7 Å². The maximum Gasteiger partial charge on any atom is 0.229 e. The Labute approximate surface area is 206 Å². The van der Waals surface area contributed by atoms with Crippen molar-refractivity contribution in [2.75, 3.05) is 50.0 Å². The number of hydrogen-bond acceptors (Lipinski definition) is 6. The number of anilines is 1. The zero-order valence-corrected chi connectivity index (χ0v) is 20.9. The number of ether oxygens (including phenoxy) is 1. The Hall–Kier alpha value is -1.71. The molecule has 1 aromatic heterocycles. The fourth-order valence-electron chi connectivity index (χ4n) is 3.73. The minimum absolute atomic E-state index is 0.0411. The maximum absolute atomic E-state index is 13.3. The normalized spacial score (nSPS) is 14.6. The number of carbonyl (C=O) groups is 1. The first-order chi connectivity index (χ1) is 16.0. The van der Waals surface area contributed by atoms with Gasteiger partial charge in [-0.1, -0.05) is 29.0 Å². The van der Waals surface area contributed by atoms with E-state index in [2.05, 4.69) is 4.90 Å². The summed E-state index contributed by atoms with van der Waals surface area (Å²) in [5.74, 6) is 0.404. The smallest absolute Gasteiger partial charge is 0.229 e. The van der Waals surface area contributed by atoms with Crippen LogP contribution in [0.5, 0.6) is 0 Å². The second-order valence-electron chi connectivity index (χ2n) is 7.94. The Morgan fingerprint density at radius 1 is 1.24 bits per heavy atom. The van der Waals surface area contributed by atoms with Gasteiger partial charge in [-0.25, -0.2) is 9.37 Å². The summed E-state index contributed by atoms with van der Waals surface area (Å²) in [5, 5.41) is 1.35. The SMILES string of the molecule is Cc1ccc(Cl)c2sc(N(CCCN3CCOCC3)C(=O)CCSc3ccc(F)cc3)nc12. The second kappa shape index (κ2) is 11.6. The first-order valence-corrected chi connectivity index (χ1v) is 13.2. The van der Waals surface area contributed by atoms with Crippen molar-refractivity contribution in [2.45, 2.75) is 24.7 Å². The molecule has 1 fully saturated rings. The number of nitrogens with zero attached hydrogens (tertiary/aromatic N) is 3. The van der Waals surface area contributed by atoms with Crippen molar-refractivity contribution in [3.05, 3.63) is 52.8 Å². The number of hydrogen-bond donors (Lipinski definition) is 0. The van der Waals surface area contributed by atoms with Crippen LogP contribution < -0.4 is 4.90 Å². The molecule has 0 aliphatic carbocycles. The van der Waals surface area contributed by atoms with Gasteiger partial charge in [0.25, 0.3) is 0 Å². The lowest BCUT2D eigenvalue weighted by Gasteiger charge is -2.27. The first-order valence-electron chi connectivity index (χ1n) is 11.1. The van der Waals surface area contributed by atoms with E-state index in [1.807, 2.05) is 24.0 Å². The number of fused-ring (bicyclic) bond motifs is 1. The summed E-state index contributed by atoms with van der Waals surface area (Å²) in [6.45, 7) is 6.91. The summed E-state index contributed by atoms with van der Waals surface area (Å²) in [4.78, 5) is 23.2. The molecule has 1 aliphatic rings. The molecular formula is C24H27ClFN3O2S2. The number of aryl methyl sites for hydroxylation is 1. The number of benzene rings is 2. The monoisotopic (exact) mass is 507 g/mol. The van der Waals surface area contributed by atoms with Crippen molar-refractivity contribution < 1.29 is 13.9 Å². The van der Waals surface area contributed by atoms with Crippen molar-refractivity contribution >= 4 is 56.0 Å². The molecule has 33 heavy (non-hydrogen) atoms. The van der Waals surface area contributed by atoms with E-state index in [-0.39, 0.29) is 11.7 Å². The standard InChI is InChI=1S/C24H27ClFN3O2S2/c1-17-3-8-20(25)23-22(17)27-24(33-23)29(11-2-10-28-12-14-31-15-13-28)21(30)9-16-32-19-6-4-18(26)5-7-19/h3-8H,2,9-16H2,1H3. The number of amides is 1. The minimum atomic E-state index is -0.258. The number of halogens is 2. The fraction of sp³-hybridized carbons (Fsp3) is 0.417. The third kappa shape index (κ3) is 6.45. The third-order valence-corrected chi connectivity index (χ3v) is 8.13. The maximum atomic E-state index is 13.3. The van der Waals surface area contributed by atoms with Gasteiger partial charge in [-0.3, -0.25) is 14.6 Å². The molecule has 2 heterocycles. The highest BCUT2D eigenvalue weighted by molar-refractivity contribution is 7.99. The van der Waals surface area contributed by atoms with Crippen molar-refractivity contribution in [1.29, 1.82) is 0 Å². The highest BCUT2D eigenvalue weighted by Gasteiger charge is 2.21. The molecule has 0 bridgehead atoms. The van der Waals surface area contributed by atoms with Crippen LogP contribution in [-0.2, 0) is 9.53 Å². The van der Waals surface area contributed by atoms with Gasteiger partial charge in [0.15, 0.2) is 5.13 Å². The van der Waals surface area contributed by atoms with Crippen molar-refractivity contribution in [1.82, 2.24) is 9.88 Å². The largest absolute Gasteiger partial charge is 0.379 e. The Morgan fingerprint density at radius 2 is 2.00 bits per heavy atom. The summed E-state index contributed by atoms with van der Waals surface area (Å²) >= 11 is 9.44. The van der Waals surface area contributed by atoms with Crippen molar-refractivity contribution in [2.24, 2.45) is 0 Å². The molecule has 1 amide bonds. The highest BCUT2D eigenvalue weighted by Crippen LogP contribution is 2.36. The average molecular weight is 508 g/mol. The van der Waals surface area contributed by atoms with Gasteiger partial charge in [-0.05, 0) is 49.2 Å². The highest BCUT2D eigenvalue weighted by atomic mass is 35.5. The van der Waals surface area contributed by atoms with Gasteiger partial charge < -0.3 is 4.74 Å². The molecule has 1 saturated heterocycles. The number of carbonyl (C=O) groups excluding carboxylic acids is 1. The second-order valence-corrected chi connectivity index (χ2v) is 10.5. The van der Waals surface area contributed by atoms with Crippen molar-refractivity contribution in [3.8, 4) is 0 Å². The quantitative estimate of drug-likeness (QED) is 0.351. The van der Waals surface area contributed by atoms with Crippen molar-refractivity contribution in [3.63, 3.8) is 0 Å². The molecule has 0 spiro atoms. The van der Waals surface area contributed by atoms with Crippen LogP contribution in [0.25, 0.3) is 10.2 Å². The van der Waals surface area contributed by atoms with E-state index in [0.29, 0.717) is 28.9 Å².